The molecule has 14 heavy (non-hydrogen) atoms. The second kappa shape index (κ2) is 5.10. The Balaban J connectivity index is 1.91. The first-order valence-electron chi connectivity index (χ1n) is 6.04. The van der Waals surface area contributed by atoms with E-state index in [9.17, 15) is 0 Å². The second-order valence-electron chi connectivity index (χ2n) is 4.53. The lowest BCUT2D eigenvalue weighted by Gasteiger charge is -2.41. The lowest BCUT2D eigenvalue weighted by Crippen LogP contribution is -2.56. The van der Waals surface area contributed by atoms with Crippen LogP contribution in [-0.4, -0.2) is 50.2 Å². The van der Waals surface area contributed by atoms with E-state index < -0.39 is 0 Å². The molecule has 0 aromatic heterocycles. The van der Waals surface area contributed by atoms with Crippen molar-refractivity contribution in [1.29, 1.82) is 0 Å². The fraction of sp³-hybridized carbons (Fsp3) is 1.00. The Bertz CT molecular complexity index is 166. The highest BCUT2D eigenvalue weighted by Crippen LogP contribution is 2.23. The number of nitrogens with zero attached hydrogens (tertiary/aromatic N) is 1. The average molecular weight is 197 g/mol. The molecular formula is C11H23N3. The first kappa shape index (κ1) is 10.4. The molecule has 2 unspecified atom stereocenters. The molecule has 1 saturated carbocycles. The molecule has 0 aromatic rings. The van der Waals surface area contributed by atoms with Gasteiger partial charge in [0.05, 0.1) is 0 Å². The van der Waals surface area contributed by atoms with Crippen LogP contribution in [0.2, 0.25) is 0 Å². The molecule has 82 valence electrons. The van der Waals surface area contributed by atoms with Crippen LogP contribution in [0, 0.1) is 0 Å². The van der Waals surface area contributed by atoms with E-state index in [4.69, 9.17) is 0 Å². The minimum absolute atomic E-state index is 0.738. The Labute approximate surface area is 87.2 Å². The van der Waals surface area contributed by atoms with Crippen LogP contribution >= 0.6 is 0 Å². The monoisotopic (exact) mass is 197 g/mol. The standard InChI is InChI=1S/C11H23N3/c1-12-10-4-2-3-5-11(10)14-8-6-13-7-9-14/h10-13H,2-9H2,1H3. The van der Waals surface area contributed by atoms with Gasteiger partial charge in [0.25, 0.3) is 0 Å². The summed E-state index contributed by atoms with van der Waals surface area (Å²) in [6.45, 7) is 4.82. The van der Waals surface area contributed by atoms with Crippen LogP contribution in [0.25, 0.3) is 0 Å². The van der Waals surface area contributed by atoms with Crippen molar-refractivity contribution in [3.05, 3.63) is 0 Å². The lowest BCUT2D eigenvalue weighted by molar-refractivity contribution is 0.111. The van der Waals surface area contributed by atoms with E-state index in [1.54, 1.807) is 0 Å². The fourth-order valence-electron chi connectivity index (χ4n) is 2.90. The van der Waals surface area contributed by atoms with Crippen molar-refractivity contribution in [2.24, 2.45) is 0 Å². The molecule has 0 radical (unpaired) electrons. The van der Waals surface area contributed by atoms with Gasteiger partial charge in [0.1, 0.15) is 0 Å². The minimum Gasteiger partial charge on any atom is -0.315 e. The molecule has 2 rings (SSSR count). The summed E-state index contributed by atoms with van der Waals surface area (Å²) in [4.78, 5) is 2.68. The number of piperazine rings is 1. The third-order valence-electron chi connectivity index (χ3n) is 3.72. The van der Waals surface area contributed by atoms with Crippen LogP contribution in [0.1, 0.15) is 25.7 Å². The summed E-state index contributed by atoms with van der Waals surface area (Å²) in [7, 11) is 2.12. The van der Waals surface area contributed by atoms with Gasteiger partial charge in [-0.2, -0.15) is 0 Å². The summed E-state index contributed by atoms with van der Waals surface area (Å²) in [5.74, 6) is 0. The van der Waals surface area contributed by atoms with Gasteiger partial charge in [-0.15, -0.1) is 0 Å². The summed E-state index contributed by atoms with van der Waals surface area (Å²) >= 11 is 0. The molecule has 2 fully saturated rings. The topological polar surface area (TPSA) is 27.3 Å². The van der Waals surface area contributed by atoms with E-state index in [-0.39, 0.29) is 0 Å². The third kappa shape index (κ3) is 2.27. The first-order valence-corrected chi connectivity index (χ1v) is 6.04. The van der Waals surface area contributed by atoms with Gasteiger partial charge in [-0.3, -0.25) is 4.90 Å². The molecule has 0 amide bonds. The Kier molecular flexibility index (Phi) is 3.79. The molecule has 0 aromatic carbocycles. The van der Waals surface area contributed by atoms with Crippen molar-refractivity contribution in [3.63, 3.8) is 0 Å². The van der Waals surface area contributed by atoms with E-state index in [2.05, 4.69) is 22.6 Å². The number of rotatable bonds is 2. The molecule has 0 bridgehead atoms. The maximum atomic E-state index is 3.49. The van der Waals surface area contributed by atoms with E-state index in [1.165, 1.54) is 51.9 Å². The zero-order chi connectivity index (χ0) is 9.80. The smallest absolute Gasteiger partial charge is 0.0250 e. The first-order chi connectivity index (χ1) is 6.92. The fourth-order valence-corrected chi connectivity index (χ4v) is 2.90. The van der Waals surface area contributed by atoms with Crippen molar-refractivity contribution in [2.75, 3.05) is 33.2 Å². The van der Waals surface area contributed by atoms with E-state index >= 15 is 0 Å². The molecule has 3 nitrogen and oxygen atoms in total. The zero-order valence-corrected chi connectivity index (χ0v) is 9.26. The highest BCUT2D eigenvalue weighted by molar-refractivity contribution is 4.88. The predicted molar refractivity (Wildman–Crippen MR) is 59.5 cm³/mol. The molecule has 3 heteroatoms. The van der Waals surface area contributed by atoms with Crippen molar-refractivity contribution < 1.29 is 0 Å². The Morgan fingerprint density at radius 1 is 1.14 bits per heavy atom. The van der Waals surface area contributed by atoms with Gasteiger partial charge in [0, 0.05) is 38.3 Å². The summed E-state index contributed by atoms with van der Waals surface area (Å²) in [6, 6.07) is 1.54. The van der Waals surface area contributed by atoms with Crippen molar-refractivity contribution in [1.82, 2.24) is 15.5 Å². The van der Waals surface area contributed by atoms with Gasteiger partial charge < -0.3 is 10.6 Å². The van der Waals surface area contributed by atoms with E-state index in [1.807, 2.05) is 0 Å². The highest BCUT2D eigenvalue weighted by Gasteiger charge is 2.29. The molecule has 0 spiro atoms. The molecule has 1 saturated heterocycles. The van der Waals surface area contributed by atoms with Crippen molar-refractivity contribution in [3.8, 4) is 0 Å². The zero-order valence-electron chi connectivity index (χ0n) is 9.26. The highest BCUT2D eigenvalue weighted by atomic mass is 15.2. The van der Waals surface area contributed by atoms with Gasteiger partial charge in [-0.1, -0.05) is 12.8 Å². The number of hydrogen-bond acceptors (Lipinski definition) is 3. The predicted octanol–water partition coefficient (Wildman–Crippen LogP) is 0.422. The van der Waals surface area contributed by atoms with Crippen LogP contribution < -0.4 is 10.6 Å². The molecule has 1 heterocycles. The van der Waals surface area contributed by atoms with Crippen LogP contribution in [0.15, 0.2) is 0 Å². The molecule has 2 aliphatic rings. The van der Waals surface area contributed by atoms with Gasteiger partial charge in [-0.25, -0.2) is 0 Å². The number of nitrogens with one attached hydrogen (secondary N) is 2. The quantitative estimate of drug-likeness (QED) is 0.672. The van der Waals surface area contributed by atoms with Crippen LogP contribution in [0.4, 0.5) is 0 Å². The average Bonchev–Trinajstić information content (AvgIpc) is 2.30. The molecular weight excluding hydrogens is 174 g/mol. The summed E-state index contributed by atoms with van der Waals surface area (Å²) in [5.41, 5.74) is 0. The Morgan fingerprint density at radius 2 is 1.86 bits per heavy atom. The molecule has 2 N–H and O–H groups in total. The van der Waals surface area contributed by atoms with Crippen molar-refractivity contribution in [2.45, 2.75) is 37.8 Å². The SMILES string of the molecule is CNC1CCCCC1N1CCNCC1. The second-order valence-corrected chi connectivity index (χ2v) is 4.53. The van der Waals surface area contributed by atoms with Gasteiger partial charge in [0.2, 0.25) is 0 Å². The number of hydrogen-bond donors (Lipinski definition) is 2. The summed E-state index contributed by atoms with van der Waals surface area (Å²) < 4.78 is 0. The largest absolute Gasteiger partial charge is 0.315 e. The maximum Gasteiger partial charge on any atom is 0.0250 e. The Hall–Kier alpha value is -0.120. The van der Waals surface area contributed by atoms with Gasteiger partial charge in [-0.05, 0) is 19.9 Å². The van der Waals surface area contributed by atoms with Gasteiger partial charge in [0.15, 0.2) is 0 Å². The van der Waals surface area contributed by atoms with Gasteiger partial charge >= 0.3 is 0 Å². The molecule has 1 aliphatic carbocycles. The van der Waals surface area contributed by atoms with Crippen LogP contribution in [0.3, 0.4) is 0 Å². The Morgan fingerprint density at radius 3 is 2.57 bits per heavy atom. The lowest BCUT2D eigenvalue weighted by atomic mass is 9.89. The number of likely N-dealkylation sites (N-methyl/N-ethyl adjacent to an activating group) is 1. The van der Waals surface area contributed by atoms with Crippen LogP contribution in [-0.2, 0) is 0 Å². The minimum atomic E-state index is 0.738. The van der Waals surface area contributed by atoms with E-state index in [0.29, 0.717) is 0 Å². The third-order valence-corrected chi connectivity index (χ3v) is 3.72. The molecule has 1 aliphatic heterocycles. The maximum absolute atomic E-state index is 3.49. The van der Waals surface area contributed by atoms with Crippen LogP contribution in [0.5, 0.6) is 0 Å². The van der Waals surface area contributed by atoms with Crippen molar-refractivity contribution >= 4 is 0 Å². The normalized spacial score (nSPS) is 35.8. The molecule has 2 atom stereocenters. The van der Waals surface area contributed by atoms with E-state index in [0.717, 1.165) is 12.1 Å². The summed E-state index contributed by atoms with van der Waals surface area (Å²) in [5, 5.41) is 6.91. The summed E-state index contributed by atoms with van der Waals surface area (Å²) in [6.07, 6.45) is 5.59.